The van der Waals surface area contributed by atoms with Gasteiger partial charge in [-0.15, -0.1) is 0 Å². The summed E-state index contributed by atoms with van der Waals surface area (Å²) >= 11 is 0. The van der Waals surface area contributed by atoms with Crippen LogP contribution in [0.4, 0.5) is 5.69 Å². The number of hydrogen-bond donors (Lipinski definition) is 1. The van der Waals surface area contributed by atoms with Gasteiger partial charge in [-0.2, -0.15) is 5.26 Å². The van der Waals surface area contributed by atoms with Crippen LogP contribution < -0.4 is 10.2 Å². The summed E-state index contributed by atoms with van der Waals surface area (Å²) in [5, 5.41) is 18.2. The molecule has 0 unspecified atom stereocenters. The fourth-order valence-corrected chi connectivity index (χ4v) is 4.22. The summed E-state index contributed by atoms with van der Waals surface area (Å²) in [5.41, 5.74) is 4.66. The highest BCUT2D eigenvalue weighted by Gasteiger charge is 2.26. The van der Waals surface area contributed by atoms with E-state index in [9.17, 15) is 5.26 Å². The van der Waals surface area contributed by atoms with E-state index >= 15 is 0 Å². The van der Waals surface area contributed by atoms with Crippen molar-refractivity contribution in [1.82, 2.24) is 15.5 Å². The van der Waals surface area contributed by atoms with Crippen LogP contribution in [0.2, 0.25) is 0 Å². The predicted octanol–water partition coefficient (Wildman–Crippen LogP) is 3.72. The third kappa shape index (κ3) is 3.46. The Morgan fingerprint density at radius 1 is 1.29 bits per heavy atom. The second-order valence-electron chi connectivity index (χ2n) is 7.77. The van der Waals surface area contributed by atoms with Crippen molar-refractivity contribution in [1.29, 1.82) is 5.26 Å². The van der Waals surface area contributed by atoms with E-state index in [1.165, 1.54) is 0 Å². The second-order valence-corrected chi connectivity index (χ2v) is 7.77. The molecular formula is C22H25N5O. The number of pyridine rings is 1. The standard InChI is InChI=1S/C22H25N5O/c1-14-9-18(25-11-20-15(2)26-28-16(20)3)13-27(12-14)21-7-6-17(10-23)22-19(21)5-4-8-24-22/h4-8,14,18,25H,9,11-13H2,1-3H3/t14-,18+/m0/s1. The van der Waals surface area contributed by atoms with Gasteiger partial charge in [-0.25, -0.2) is 0 Å². The Bertz CT molecular complexity index is 1020. The second kappa shape index (κ2) is 7.61. The van der Waals surface area contributed by atoms with E-state index in [-0.39, 0.29) is 0 Å². The predicted molar refractivity (Wildman–Crippen MR) is 109 cm³/mol. The van der Waals surface area contributed by atoms with Crippen LogP contribution >= 0.6 is 0 Å². The van der Waals surface area contributed by atoms with Crippen LogP contribution in [-0.2, 0) is 6.54 Å². The lowest BCUT2D eigenvalue weighted by Gasteiger charge is -2.39. The molecule has 0 bridgehead atoms. The van der Waals surface area contributed by atoms with Crippen molar-refractivity contribution in [3.8, 4) is 6.07 Å². The van der Waals surface area contributed by atoms with E-state index in [2.05, 4.69) is 45.5 Å². The molecule has 1 aromatic carbocycles. The van der Waals surface area contributed by atoms with Gasteiger partial charge in [0.05, 0.1) is 16.8 Å². The van der Waals surface area contributed by atoms with Crippen LogP contribution in [0.1, 0.15) is 35.9 Å². The fraction of sp³-hybridized carbons (Fsp3) is 0.409. The van der Waals surface area contributed by atoms with Crippen molar-refractivity contribution in [2.24, 2.45) is 5.92 Å². The summed E-state index contributed by atoms with van der Waals surface area (Å²) in [6.07, 6.45) is 2.88. The number of aryl methyl sites for hydroxylation is 2. The van der Waals surface area contributed by atoms with Gasteiger partial charge < -0.3 is 14.7 Å². The van der Waals surface area contributed by atoms with Crippen molar-refractivity contribution in [3.05, 3.63) is 53.0 Å². The molecule has 0 radical (unpaired) electrons. The zero-order valence-corrected chi connectivity index (χ0v) is 16.6. The summed E-state index contributed by atoms with van der Waals surface area (Å²) < 4.78 is 5.28. The van der Waals surface area contributed by atoms with Gasteiger partial charge in [-0.1, -0.05) is 12.1 Å². The average molecular weight is 375 g/mol. The highest BCUT2D eigenvalue weighted by Crippen LogP contribution is 2.31. The third-order valence-corrected chi connectivity index (χ3v) is 5.62. The van der Waals surface area contributed by atoms with Crippen molar-refractivity contribution in [3.63, 3.8) is 0 Å². The smallest absolute Gasteiger partial charge is 0.138 e. The molecule has 1 saturated heterocycles. The minimum Gasteiger partial charge on any atom is -0.369 e. The van der Waals surface area contributed by atoms with Crippen LogP contribution in [0.5, 0.6) is 0 Å². The Labute approximate surface area is 165 Å². The van der Waals surface area contributed by atoms with E-state index in [0.29, 0.717) is 17.5 Å². The molecule has 2 atom stereocenters. The molecule has 1 aliphatic rings. The Morgan fingerprint density at radius 2 is 2.14 bits per heavy atom. The van der Waals surface area contributed by atoms with E-state index in [1.807, 2.05) is 26.0 Å². The zero-order chi connectivity index (χ0) is 19.7. The van der Waals surface area contributed by atoms with Gasteiger partial charge in [0.25, 0.3) is 0 Å². The number of fused-ring (bicyclic) bond motifs is 1. The van der Waals surface area contributed by atoms with Crippen LogP contribution in [-0.4, -0.2) is 29.3 Å². The van der Waals surface area contributed by atoms with E-state index in [4.69, 9.17) is 4.52 Å². The highest BCUT2D eigenvalue weighted by molar-refractivity contribution is 5.95. The number of piperidine rings is 1. The van der Waals surface area contributed by atoms with Gasteiger partial charge in [-0.3, -0.25) is 4.98 Å². The summed E-state index contributed by atoms with van der Waals surface area (Å²) in [6, 6.07) is 10.6. The van der Waals surface area contributed by atoms with Gasteiger partial charge >= 0.3 is 0 Å². The molecule has 0 saturated carbocycles. The molecule has 0 amide bonds. The molecule has 144 valence electrons. The molecule has 2 aromatic heterocycles. The molecule has 0 aliphatic carbocycles. The number of anilines is 1. The molecule has 1 aliphatic heterocycles. The molecule has 1 fully saturated rings. The average Bonchev–Trinajstić information content (AvgIpc) is 3.02. The Kier molecular flexibility index (Phi) is 5.01. The molecule has 6 nitrogen and oxygen atoms in total. The molecule has 6 heteroatoms. The maximum absolute atomic E-state index is 9.40. The number of nitrogens with one attached hydrogen (secondary N) is 1. The minimum atomic E-state index is 0.375. The molecule has 1 N–H and O–H groups in total. The number of rotatable bonds is 4. The lowest BCUT2D eigenvalue weighted by molar-refractivity contribution is 0.348. The SMILES string of the molecule is Cc1noc(C)c1CN[C@@H]1C[C@H](C)CN(c2ccc(C#N)c3ncccc23)C1. The zero-order valence-electron chi connectivity index (χ0n) is 16.6. The van der Waals surface area contributed by atoms with Crippen molar-refractivity contribution >= 4 is 16.6 Å². The van der Waals surface area contributed by atoms with Gasteiger partial charge in [0.2, 0.25) is 0 Å². The minimum absolute atomic E-state index is 0.375. The van der Waals surface area contributed by atoms with Crippen molar-refractivity contribution < 1.29 is 4.52 Å². The fourth-order valence-electron chi connectivity index (χ4n) is 4.22. The van der Waals surface area contributed by atoms with E-state index < -0.39 is 0 Å². The lowest BCUT2D eigenvalue weighted by atomic mass is 9.94. The Morgan fingerprint density at radius 3 is 2.89 bits per heavy atom. The molecule has 3 heterocycles. The van der Waals surface area contributed by atoms with Gasteiger partial charge in [0.15, 0.2) is 0 Å². The van der Waals surface area contributed by atoms with Gasteiger partial charge in [0.1, 0.15) is 11.8 Å². The molecular weight excluding hydrogens is 350 g/mol. The van der Waals surface area contributed by atoms with Gasteiger partial charge in [0, 0.05) is 48.5 Å². The monoisotopic (exact) mass is 375 g/mol. The lowest BCUT2D eigenvalue weighted by Crippen LogP contribution is -2.48. The first-order chi connectivity index (χ1) is 13.6. The maximum Gasteiger partial charge on any atom is 0.138 e. The summed E-state index contributed by atoms with van der Waals surface area (Å²) in [4.78, 5) is 6.87. The van der Waals surface area contributed by atoms with Crippen LogP contribution in [0.25, 0.3) is 10.9 Å². The quantitative estimate of drug-likeness (QED) is 0.749. The van der Waals surface area contributed by atoms with E-state index in [0.717, 1.165) is 59.7 Å². The highest BCUT2D eigenvalue weighted by atomic mass is 16.5. The Hall–Kier alpha value is -2.91. The summed E-state index contributed by atoms with van der Waals surface area (Å²) in [5.74, 6) is 1.45. The normalized spacial score (nSPS) is 19.7. The molecule has 28 heavy (non-hydrogen) atoms. The van der Waals surface area contributed by atoms with Crippen LogP contribution in [0.15, 0.2) is 35.0 Å². The number of benzene rings is 1. The maximum atomic E-state index is 9.40. The van der Waals surface area contributed by atoms with Crippen LogP contribution in [0, 0.1) is 31.1 Å². The molecule has 0 spiro atoms. The van der Waals surface area contributed by atoms with Crippen molar-refractivity contribution in [2.45, 2.75) is 39.8 Å². The summed E-state index contributed by atoms with van der Waals surface area (Å²) in [6.45, 7) is 8.92. The van der Waals surface area contributed by atoms with E-state index in [1.54, 1.807) is 6.20 Å². The first kappa shape index (κ1) is 18.5. The topological polar surface area (TPSA) is 78.0 Å². The first-order valence-electron chi connectivity index (χ1n) is 9.74. The molecule has 4 rings (SSSR count). The third-order valence-electron chi connectivity index (χ3n) is 5.62. The Balaban J connectivity index is 1.57. The number of aromatic nitrogens is 2. The van der Waals surface area contributed by atoms with Crippen molar-refractivity contribution in [2.75, 3.05) is 18.0 Å². The van der Waals surface area contributed by atoms with Gasteiger partial charge in [-0.05, 0) is 50.5 Å². The number of hydrogen-bond acceptors (Lipinski definition) is 6. The number of nitrogens with zero attached hydrogens (tertiary/aromatic N) is 4. The van der Waals surface area contributed by atoms with Crippen LogP contribution in [0.3, 0.4) is 0 Å². The largest absolute Gasteiger partial charge is 0.369 e. The number of nitriles is 1. The first-order valence-corrected chi connectivity index (χ1v) is 9.74. The summed E-state index contributed by atoms with van der Waals surface area (Å²) in [7, 11) is 0. The molecule has 3 aromatic rings.